The first kappa shape index (κ1) is 22.0. The summed E-state index contributed by atoms with van der Waals surface area (Å²) in [4.78, 5) is 14.4. The van der Waals surface area contributed by atoms with Gasteiger partial charge in [0, 0.05) is 20.9 Å². The summed E-state index contributed by atoms with van der Waals surface area (Å²) < 4.78 is 5.05. The third-order valence-electron chi connectivity index (χ3n) is 5.51. The van der Waals surface area contributed by atoms with Crippen LogP contribution in [0.2, 0.25) is 0 Å². The Kier molecular flexibility index (Phi) is 6.53. The molecule has 32 heavy (non-hydrogen) atoms. The number of benzene rings is 3. The molecule has 0 amide bonds. The van der Waals surface area contributed by atoms with Crippen molar-refractivity contribution in [1.82, 2.24) is 0 Å². The van der Waals surface area contributed by atoms with Crippen molar-refractivity contribution < 1.29 is 9.53 Å². The van der Waals surface area contributed by atoms with Gasteiger partial charge in [0.2, 0.25) is 0 Å². The Labute approximate surface area is 194 Å². The average Bonchev–Trinajstić information content (AvgIpc) is 2.81. The van der Waals surface area contributed by atoms with E-state index in [0.29, 0.717) is 12.2 Å². The van der Waals surface area contributed by atoms with E-state index in [2.05, 4.69) is 74.2 Å². The number of carbonyl (C=O) groups is 1. The molecule has 0 aliphatic heterocycles. The topological polar surface area (TPSA) is 26.3 Å². The van der Waals surface area contributed by atoms with E-state index in [0.717, 1.165) is 17.5 Å². The minimum atomic E-state index is -0.305. The lowest BCUT2D eigenvalue weighted by atomic mass is 9.73. The van der Waals surface area contributed by atoms with Crippen LogP contribution in [0.3, 0.4) is 0 Å². The Morgan fingerprint density at radius 3 is 2.44 bits per heavy atom. The Balaban J connectivity index is 1.66. The van der Waals surface area contributed by atoms with E-state index in [4.69, 9.17) is 4.74 Å². The molecule has 0 heterocycles. The fraction of sp³-hybridized carbons (Fsp3) is 0.207. The molecular formula is C29H26O2S. The van der Waals surface area contributed by atoms with Crippen molar-refractivity contribution in [2.24, 2.45) is 0 Å². The molecule has 2 nitrogen and oxygen atoms in total. The van der Waals surface area contributed by atoms with Crippen LogP contribution >= 0.6 is 11.8 Å². The lowest BCUT2D eigenvalue weighted by molar-refractivity contribution is 0.0526. The Hall–Kier alpha value is -3.22. The second kappa shape index (κ2) is 9.51. The maximum Gasteiger partial charge on any atom is 0.338 e. The third kappa shape index (κ3) is 4.82. The predicted octanol–water partition coefficient (Wildman–Crippen LogP) is 7.08. The van der Waals surface area contributed by atoms with E-state index < -0.39 is 0 Å². The molecule has 0 bridgehead atoms. The number of hydrogen-bond donors (Lipinski definition) is 0. The SMILES string of the molecule is CCOC(=O)c1ccc(C#Cc2cccc3c2C(C)(C)CC=C3Sc2ccccc2)cc1. The molecular weight excluding hydrogens is 412 g/mol. The molecule has 1 aliphatic rings. The van der Waals surface area contributed by atoms with E-state index in [1.807, 2.05) is 30.0 Å². The van der Waals surface area contributed by atoms with E-state index in [1.165, 1.54) is 20.9 Å². The molecule has 0 radical (unpaired) electrons. The first-order chi connectivity index (χ1) is 15.5. The van der Waals surface area contributed by atoms with Gasteiger partial charge in [0.25, 0.3) is 0 Å². The van der Waals surface area contributed by atoms with Crippen LogP contribution in [0, 0.1) is 11.8 Å². The lowest BCUT2D eigenvalue weighted by Crippen LogP contribution is -2.22. The minimum absolute atomic E-state index is 0.00905. The highest BCUT2D eigenvalue weighted by molar-refractivity contribution is 8.08. The van der Waals surface area contributed by atoms with Crippen molar-refractivity contribution in [3.05, 3.63) is 107 Å². The molecule has 0 aromatic heterocycles. The number of carbonyl (C=O) groups excluding carboxylic acids is 1. The van der Waals surface area contributed by atoms with Crippen molar-refractivity contribution in [3.8, 4) is 11.8 Å². The Morgan fingerprint density at radius 1 is 0.969 bits per heavy atom. The van der Waals surface area contributed by atoms with Crippen molar-refractivity contribution in [3.63, 3.8) is 0 Å². The van der Waals surface area contributed by atoms with Gasteiger partial charge in [-0.25, -0.2) is 4.79 Å². The van der Waals surface area contributed by atoms with Gasteiger partial charge in [-0.05, 0) is 72.4 Å². The fourth-order valence-corrected chi connectivity index (χ4v) is 4.90. The van der Waals surface area contributed by atoms with Gasteiger partial charge in [0.1, 0.15) is 0 Å². The van der Waals surface area contributed by atoms with Crippen LogP contribution in [0.4, 0.5) is 0 Å². The maximum absolute atomic E-state index is 11.9. The molecule has 3 aromatic rings. The molecule has 4 rings (SSSR count). The summed E-state index contributed by atoms with van der Waals surface area (Å²) in [6.45, 7) is 6.74. The quantitative estimate of drug-likeness (QED) is 0.322. The zero-order valence-corrected chi connectivity index (χ0v) is 19.5. The van der Waals surface area contributed by atoms with E-state index in [1.54, 1.807) is 19.1 Å². The van der Waals surface area contributed by atoms with Gasteiger partial charge in [-0.3, -0.25) is 0 Å². The van der Waals surface area contributed by atoms with Crippen LogP contribution in [0.5, 0.6) is 0 Å². The van der Waals surface area contributed by atoms with Crippen molar-refractivity contribution in [1.29, 1.82) is 0 Å². The summed E-state index contributed by atoms with van der Waals surface area (Å²) >= 11 is 1.81. The van der Waals surface area contributed by atoms with Gasteiger partial charge in [0.05, 0.1) is 12.2 Å². The number of ether oxygens (including phenoxy) is 1. The first-order valence-corrected chi connectivity index (χ1v) is 11.7. The van der Waals surface area contributed by atoms with Gasteiger partial charge < -0.3 is 4.74 Å². The number of rotatable bonds is 4. The van der Waals surface area contributed by atoms with Crippen molar-refractivity contribution in [2.45, 2.75) is 37.5 Å². The molecule has 1 aliphatic carbocycles. The summed E-state index contributed by atoms with van der Waals surface area (Å²) in [6, 6.07) is 24.2. The fourth-order valence-electron chi connectivity index (χ4n) is 3.91. The summed E-state index contributed by atoms with van der Waals surface area (Å²) in [6.07, 6.45) is 3.33. The molecule has 160 valence electrons. The van der Waals surface area contributed by atoms with Crippen LogP contribution in [0.25, 0.3) is 4.91 Å². The highest BCUT2D eigenvalue weighted by Crippen LogP contribution is 2.46. The largest absolute Gasteiger partial charge is 0.462 e. The van der Waals surface area contributed by atoms with Gasteiger partial charge in [-0.2, -0.15) is 0 Å². The smallest absolute Gasteiger partial charge is 0.338 e. The summed E-state index contributed by atoms with van der Waals surface area (Å²) in [7, 11) is 0. The monoisotopic (exact) mass is 438 g/mol. The number of thioether (sulfide) groups is 1. The molecule has 0 saturated heterocycles. The zero-order chi connectivity index (χ0) is 22.6. The van der Waals surface area contributed by atoms with Crippen LogP contribution in [-0.4, -0.2) is 12.6 Å². The van der Waals surface area contributed by atoms with E-state index in [9.17, 15) is 4.79 Å². The standard InChI is InChI=1S/C29H26O2S/c1-4-31-28(30)23-17-14-21(15-18-23)13-16-22-9-8-12-25-26(19-20-29(2,3)27(22)25)32-24-10-6-5-7-11-24/h5-12,14-15,17-19H,4,20H2,1-3H3. The normalized spacial score (nSPS) is 13.9. The van der Waals surface area contributed by atoms with E-state index in [-0.39, 0.29) is 11.4 Å². The van der Waals surface area contributed by atoms with Gasteiger partial charge in [-0.15, -0.1) is 0 Å². The molecule has 0 unspecified atom stereocenters. The number of fused-ring (bicyclic) bond motifs is 1. The lowest BCUT2D eigenvalue weighted by Gasteiger charge is -2.33. The van der Waals surface area contributed by atoms with Crippen LogP contribution in [0.15, 0.2) is 83.8 Å². The number of allylic oxidation sites excluding steroid dienone is 1. The van der Waals surface area contributed by atoms with E-state index >= 15 is 0 Å². The number of hydrogen-bond acceptors (Lipinski definition) is 3. The third-order valence-corrected chi connectivity index (χ3v) is 6.63. The minimum Gasteiger partial charge on any atom is -0.462 e. The highest BCUT2D eigenvalue weighted by atomic mass is 32.2. The van der Waals surface area contributed by atoms with Gasteiger partial charge in [0.15, 0.2) is 0 Å². The zero-order valence-electron chi connectivity index (χ0n) is 18.6. The van der Waals surface area contributed by atoms with Gasteiger partial charge >= 0.3 is 5.97 Å². The molecule has 0 fully saturated rings. The van der Waals surface area contributed by atoms with Crippen molar-refractivity contribution >= 4 is 22.6 Å². The van der Waals surface area contributed by atoms with Crippen LogP contribution in [0.1, 0.15) is 59.8 Å². The van der Waals surface area contributed by atoms with Crippen LogP contribution < -0.4 is 0 Å². The molecule has 0 N–H and O–H groups in total. The van der Waals surface area contributed by atoms with Gasteiger partial charge in [-0.1, -0.05) is 73.9 Å². The molecule has 0 atom stereocenters. The second-order valence-electron chi connectivity index (χ2n) is 8.35. The maximum atomic E-state index is 11.9. The first-order valence-electron chi connectivity index (χ1n) is 10.8. The Morgan fingerprint density at radius 2 is 1.72 bits per heavy atom. The molecule has 3 heteroatoms. The van der Waals surface area contributed by atoms with Crippen molar-refractivity contribution in [2.75, 3.05) is 6.61 Å². The summed E-state index contributed by atoms with van der Waals surface area (Å²) in [5.74, 6) is 6.38. The Bertz CT molecular complexity index is 1210. The predicted molar refractivity (Wildman–Crippen MR) is 133 cm³/mol. The number of esters is 1. The molecule has 0 saturated carbocycles. The second-order valence-corrected chi connectivity index (χ2v) is 9.46. The molecule has 3 aromatic carbocycles. The highest BCUT2D eigenvalue weighted by Gasteiger charge is 2.30. The summed E-state index contributed by atoms with van der Waals surface area (Å²) in [5.41, 5.74) is 5.05. The summed E-state index contributed by atoms with van der Waals surface area (Å²) in [5, 5.41) is 0. The van der Waals surface area contributed by atoms with Crippen LogP contribution in [-0.2, 0) is 10.2 Å². The molecule has 0 spiro atoms. The average molecular weight is 439 g/mol.